The van der Waals surface area contributed by atoms with Gasteiger partial charge < -0.3 is 28.3 Å². The predicted octanol–water partition coefficient (Wildman–Crippen LogP) is 7.72. The number of thiophene rings is 1. The Balaban J connectivity index is 0.000000260. The Hall–Kier alpha value is -5.08. The molecule has 4 aromatic rings. The molecule has 4 heterocycles. The first-order valence-electron chi connectivity index (χ1n) is 20.9. The van der Waals surface area contributed by atoms with Gasteiger partial charge in [-0.2, -0.15) is 8.42 Å². The minimum atomic E-state index is -4.37. The van der Waals surface area contributed by atoms with E-state index in [1.165, 1.54) is 85.4 Å². The van der Waals surface area contributed by atoms with E-state index in [1.54, 1.807) is 25.1 Å². The van der Waals surface area contributed by atoms with Crippen molar-refractivity contribution in [2.45, 2.75) is 100 Å². The number of nitro benzene ring substituents is 1. The van der Waals surface area contributed by atoms with E-state index < -0.39 is 49.5 Å². The quantitative estimate of drug-likeness (QED) is 0.0172. The summed E-state index contributed by atoms with van der Waals surface area (Å²) in [5, 5.41) is 14.9. The van der Waals surface area contributed by atoms with Crippen molar-refractivity contribution in [1.29, 1.82) is 0 Å². The summed E-state index contributed by atoms with van der Waals surface area (Å²) in [7, 11) is -4.37. The van der Waals surface area contributed by atoms with Crippen LogP contribution in [0, 0.1) is 17.0 Å². The largest absolute Gasteiger partial charge is 0.616 e. The minimum Gasteiger partial charge on any atom is -0.616 e. The van der Waals surface area contributed by atoms with Crippen molar-refractivity contribution in [2.75, 3.05) is 18.3 Å². The topological polar surface area (TPSA) is 204 Å². The summed E-state index contributed by atoms with van der Waals surface area (Å²) in [6.45, 7) is 6.10. The van der Waals surface area contributed by atoms with Crippen LogP contribution in [0.15, 0.2) is 101 Å². The molecule has 0 aliphatic carbocycles. The van der Waals surface area contributed by atoms with Crippen molar-refractivity contribution >= 4 is 67.9 Å². The fourth-order valence-corrected chi connectivity index (χ4v) is 11.2. The first-order chi connectivity index (χ1) is 30.7. The molecule has 0 bridgehead atoms. The van der Waals surface area contributed by atoms with Gasteiger partial charge in [-0.15, -0.1) is 23.1 Å². The van der Waals surface area contributed by atoms with E-state index in [-0.39, 0.29) is 52.0 Å². The number of carbonyl (C=O) groups is 3. The number of esters is 1. The Bertz CT molecular complexity index is 2390. The van der Waals surface area contributed by atoms with E-state index in [1.807, 2.05) is 29.6 Å². The number of β-lactam (4-membered cyclic amide) rings is 1. The molecule has 1 N–H and O–H groups in total. The van der Waals surface area contributed by atoms with Crippen LogP contribution in [0.5, 0.6) is 11.5 Å². The number of non-ortho nitro benzene ring substituents is 1. The molecule has 1 saturated heterocycles. The number of unbranched alkanes of at least 4 members (excludes halogenated alkanes) is 5. The van der Waals surface area contributed by atoms with Crippen LogP contribution < -0.4 is 14.8 Å². The zero-order chi connectivity index (χ0) is 45.8. The van der Waals surface area contributed by atoms with Gasteiger partial charge in [0.2, 0.25) is 12.7 Å². The molecule has 342 valence electrons. The number of nitrogens with one attached hydrogen (secondary N) is 1. The maximum absolute atomic E-state index is 13.3. The van der Waals surface area contributed by atoms with Crippen molar-refractivity contribution in [3.63, 3.8) is 0 Å². The highest BCUT2D eigenvalue weighted by Crippen LogP contribution is 2.42. The number of hydrogen-bond donors (Lipinski definition) is 1. The SMILES string of the molecule is CCCCCCCC[S+]([O-])C(C)Cc1ccc2c(c1)OCO2.Cc1ccc(S(=O)(=O)OC2=C(C(=O)OCc3ccc([N+](=O)[O-])cc3)N3C(=O)C(NC(=O)Cc4cccs4)[C@H]3SC2)cc1. The van der Waals surface area contributed by atoms with Gasteiger partial charge in [-0.25, -0.2) is 4.79 Å². The summed E-state index contributed by atoms with van der Waals surface area (Å²) in [6.07, 6.45) is 8.41. The Morgan fingerprint density at radius 3 is 2.39 bits per heavy atom. The van der Waals surface area contributed by atoms with E-state index >= 15 is 0 Å². The van der Waals surface area contributed by atoms with Gasteiger partial charge in [-0.05, 0) is 85.7 Å². The van der Waals surface area contributed by atoms with Crippen molar-refractivity contribution in [1.82, 2.24) is 10.2 Å². The Morgan fingerprint density at radius 2 is 1.69 bits per heavy atom. The first kappa shape index (κ1) is 48.4. The number of rotatable bonds is 20. The van der Waals surface area contributed by atoms with Crippen LogP contribution >= 0.6 is 23.1 Å². The lowest BCUT2D eigenvalue weighted by molar-refractivity contribution is -0.384. The number of nitro groups is 1. The molecule has 1 fully saturated rings. The Labute approximate surface area is 384 Å². The predicted molar refractivity (Wildman–Crippen MR) is 245 cm³/mol. The van der Waals surface area contributed by atoms with E-state index in [4.69, 9.17) is 18.4 Å². The third kappa shape index (κ3) is 12.8. The van der Waals surface area contributed by atoms with Gasteiger partial charge in [-0.3, -0.25) is 24.6 Å². The zero-order valence-electron chi connectivity index (χ0n) is 35.7. The zero-order valence-corrected chi connectivity index (χ0v) is 39.0. The standard InChI is InChI=1S/C27H23N3O9S3.C18H28O3S/c1-16-4-10-20(11-5-16)42(36,37)39-21-15-41-26-23(28-22(31)13-19-3-2-12-40-19)25(32)29(26)24(21)27(33)38-14-17-6-8-18(9-7-17)30(34)35;1-3-4-5-6-7-8-11-22(19)15(2)12-16-9-10-17-18(13-16)21-14-20-17/h2-12,23,26H,13-15H2,1H3,(H,28,31);9-10,13,15H,3-8,11-12,14H2,1-2H3/t23?,26-;/m1./s1. The van der Waals surface area contributed by atoms with Crippen LogP contribution in [0.4, 0.5) is 5.69 Å². The highest BCUT2D eigenvalue weighted by atomic mass is 32.2. The minimum absolute atomic E-state index is 0.0853. The lowest BCUT2D eigenvalue weighted by atomic mass is 10.0. The van der Waals surface area contributed by atoms with Gasteiger partial charge in [0, 0.05) is 23.4 Å². The number of carbonyl (C=O) groups excluding carboxylic acids is 3. The lowest BCUT2D eigenvalue weighted by Gasteiger charge is -2.49. The van der Waals surface area contributed by atoms with Gasteiger partial charge in [0.05, 0.1) is 17.1 Å². The smallest absolute Gasteiger partial charge is 0.359 e. The molecule has 4 atom stereocenters. The van der Waals surface area contributed by atoms with Gasteiger partial charge in [0.15, 0.2) is 23.0 Å². The molecular formula is C45H51N3O12S4. The molecule has 3 unspecified atom stereocenters. The van der Waals surface area contributed by atoms with Crippen molar-refractivity contribution < 1.29 is 50.7 Å². The van der Waals surface area contributed by atoms with E-state index in [0.29, 0.717) is 12.4 Å². The summed E-state index contributed by atoms with van der Waals surface area (Å²) >= 11 is 1.80. The summed E-state index contributed by atoms with van der Waals surface area (Å²) in [6, 6.07) is 19.9. The summed E-state index contributed by atoms with van der Waals surface area (Å²) < 4.78 is 59.9. The number of benzene rings is 3. The molecule has 3 aliphatic heterocycles. The number of thioether (sulfide) groups is 1. The second-order valence-electron chi connectivity index (χ2n) is 15.4. The Kier molecular flexibility index (Phi) is 17.2. The maximum atomic E-state index is 13.3. The second kappa shape index (κ2) is 22.7. The van der Waals surface area contributed by atoms with Crippen molar-refractivity contribution in [2.24, 2.45) is 0 Å². The molecule has 7 rings (SSSR count). The average molecular weight is 954 g/mol. The second-order valence-corrected chi connectivity index (χ2v) is 21.0. The maximum Gasteiger partial charge on any atom is 0.359 e. The van der Waals surface area contributed by atoms with Gasteiger partial charge >= 0.3 is 16.1 Å². The normalized spacial score (nSPS) is 17.3. The van der Waals surface area contributed by atoms with Crippen molar-refractivity contribution in [3.05, 3.63) is 127 Å². The highest BCUT2D eigenvalue weighted by molar-refractivity contribution is 8.00. The summed E-state index contributed by atoms with van der Waals surface area (Å²) in [4.78, 5) is 51.3. The highest BCUT2D eigenvalue weighted by Gasteiger charge is 2.55. The van der Waals surface area contributed by atoms with Crippen LogP contribution in [-0.2, 0) is 64.0 Å². The molecule has 2 amide bonds. The van der Waals surface area contributed by atoms with Crippen LogP contribution in [0.25, 0.3) is 0 Å². The van der Waals surface area contributed by atoms with E-state index in [9.17, 15) is 37.5 Å². The fourth-order valence-electron chi connectivity index (χ4n) is 6.98. The number of aryl methyl sites for hydroxylation is 1. The number of amides is 2. The van der Waals surface area contributed by atoms with Gasteiger partial charge in [0.25, 0.3) is 11.6 Å². The monoisotopic (exact) mass is 953 g/mol. The van der Waals surface area contributed by atoms with E-state index in [2.05, 4.69) is 19.2 Å². The molecule has 0 saturated carbocycles. The molecule has 0 radical (unpaired) electrons. The fraction of sp³-hybridized carbons (Fsp3) is 0.400. The average Bonchev–Trinajstić information content (AvgIpc) is 3.98. The third-order valence-corrected chi connectivity index (χ3v) is 15.7. The molecule has 1 aromatic heterocycles. The van der Waals surface area contributed by atoms with Crippen LogP contribution in [0.3, 0.4) is 0 Å². The van der Waals surface area contributed by atoms with Crippen LogP contribution in [-0.4, -0.2) is 75.5 Å². The molecule has 3 aromatic carbocycles. The molecule has 3 aliphatic rings. The Morgan fingerprint density at radius 1 is 0.984 bits per heavy atom. The molecule has 19 heteroatoms. The van der Waals surface area contributed by atoms with Crippen LogP contribution in [0.1, 0.15) is 73.9 Å². The number of hydrogen-bond acceptors (Lipinski definition) is 14. The third-order valence-electron chi connectivity index (χ3n) is 10.5. The number of fused-ring (bicyclic) bond motifs is 2. The molecule has 64 heavy (non-hydrogen) atoms. The summed E-state index contributed by atoms with van der Waals surface area (Å²) in [5.74, 6) is 0.0493. The van der Waals surface area contributed by atoms with Crippen LogP contribution in [0.2, 0.25) is 0 Å². The lowest BCUT2D eigenvalue weighted by Crippen LogP contribution is -2.70. The number of nitrogens with zero attached hydrogens (tertiary/aromatic N) is 2. The van der Waals surface area contributed by atoms with Crippen molar-refractivity contribution in [3.8, 4) is 11.5 Å². The van der Waals surface area contributed by atoms with Gasteiger partial charge in [0.1, 0.15) is 33.9 Å². The molecular weight excluding hydrogens is 903 g/mol. The summed E-state index contributed by atoms with van der Waals surface area (Å²) in [5.41, 5.74) is 1.91. The first-order valence-corrected chi connectivity index (χ1v) is 25.6. The molecule has 0 spiro atoms. The van der Waals surface area contributed by atoms with Gasteiger partial charge in [-0.1, -0.05) is 73.6 Å². The number of ether oxygens (including phenoxy) is 3. The molecule has 15 nitrogen and oxygen atoms in total. The van der Waals surface area contributed by atoms with E-state index in [0.717, 1.165) is 57.2 Å².